The summed E-state index contributed by atoms with van der Waals surface area (Å²) in [5.74, 6) is 2.81. The Morgan fingerprint density at radius 2 is 2.28 bits per heavy atom. The zero-order valence-corrected chi connectivity index (χ0v) is 13.0. The van der Waals surface area contributed by atoms with E-state index in [1.807, 2.05) is 6.20 Å². The first-order chi connectivity index (χ1) is 8.65. The van der Waals surface area contributed by atoms with Crippen molar-refractivity contribution >= 4 is 21.7 Å². The Labute approximate surface area is 119 Å². The highest BCUT2D eigenvalue weighted by atomic mass is 79.9. The smallest absolute Gasteiger partial charge is 0.140 e. The summed E-state index contributed by atoms with van der Waals surface area (Å²) in [5, 5.41) is 3.44. The Morgan fingerprint density at radius 3 is 3.00 bits per heavy atom. The van der Waals surface area contributed by atoms with Gasteiger partial charge in [0.15, 0.2) is 0 Å². The highest BCUT2D eigenvalue weighted by Gasteiger charge is 2.18. The molecule has 0 amide bonds. The summed E-state index contributed by atoms with van der Waals surface area (Å²) in [6.07, 6.45) is 8.84. The summed E-state index contributed by atoms with van der Waals surface area (Å²) in [5.41, 5.74) is 1.19. The van der Waals surface area contributed by atoms with Gasteiger partial charge >= 0.3 is 0 Å². The van der Waals surface area contributed by atoms with Crippen LogP contribution in [0.1, 0.15) is 44.6 Å². The van der Waals surface area contributed by atoms with Gasteiger partial charge in [0.05, 0.1) is 4.47 Å². The molecule has 0 radical (unpaired) electrons. The highest BCUT2D eigenvalue weighted by molar-refractivity contribution is 9.10. The van der Waals surface area contributed by atoms with Gasteiger partial charge in [-0.05, 0) is 59.2 Å². The van der Waals surface area contributed by atoms with Crippen LogP contribution in [0.5, 0.6) is 0 Å². The normalized spacial score (nSPS) is 23.9. The Balaban J connectivity index is 1.77. The SMILES string of the molecule is Cc1cnc(NCCC2CCCC(C)C2)c(Br)c1. The number of aryl methyl sites for hydroxylation is 1. The van der Waals surface area contributed by atoms with Crippen molar-refractivity contribution in [1.82, 2.24) is 4.98 Å². The minimum Gasteiger partial charge on any atom is -0.369 e. The second-order valence-corrected chi connectivity index (χ2v) is 6.55. The van der Waals surface area contributed by atoms with Gasteiger partial charge in [0, 0.05) is 12.7 Å². The maximum Gasteiger partial charge on any atom is 0.140 e. The Morgan fingerprint density at radius 1 is 1.44 bits per heavy atom. The average molecular weight is 311 g/mol. The summed E-state index contributed by atoms with van der Waals surface area (Å²) >= 11 is 3.56. The van der Waals surface area contributed by atoms with Crippen molar-refractivity contribution in [2.75, 3.05) is 11.9 Å². The molecule has 1 aromatic heterocycles. The van der Waals surface area contributed by atoms with Crippen LogP contribution in [0.3, 0.4) is 0 Å². The fraction of sp³-hybridized carbons (Fsp3) is 0.667. The van der Waals surface area contributed by atoms with Crippen molar-refractivity contribution in [3.05, 3.63) is 22.3 Å². The second-order valence-electron chi connectivity index (χ2n) is 5.70. The van der Waals surface area contributed by atoms with Crippen molar-refractivity contribution in [2.24, 2.45) is 11.8 Å². The molecule has 100 valence electrons. The van der Waals surface area contributed by atoms with Crippen LogP contribution in [0, 0.1) is 18.8 Å². The highest BCUT2D eigenvalue weighted by Crippen LogP contribution is 2.30. The van der Waals surface area contributed by atoms with Gasteiger partial charge in [-0.2, -0.15) is 0 Å². The lowest BCUT2D eigenvalue weighted by Gasteiger charge is -2.26. The lowest BCUT2D eigenvalue weighted by molar-refractivity contribution is 0.274. The number of aromatic nitrogens is 1. The van der Waals surface area contributed by atoms with Gasteiger partial charge in [-0.15, -0.1) is 0 Å². The molecule has 2 rings (SSSR count). The van der Waals surface area contributed by atoms with Crippen LogP contribution in [0.4, 0.5) is 5.82 Å². The average Bonchev–Trinajstić information content (AvgIpc) is 2.32. The predicted octanol–water partition coefficient (Wildman–Crippen LogP) is 4.78. The van der Waals surface area contributed by atoms with Gasteiger partial charge in [-0.25, -0.2) is 4.98 Å². The molecule has 18 heavy (non-hydrogen) atoms. The Kier molecular flexibility index (Phi) is 5.04. The monoisotopic (exact) mass is 310 g/mol. The number of nitrogens with zero attached hydrogens (tertiary/aromatic N) is 1. The van der Waals surface area contributed by atoms with E-state index < -0.39 is 0 Å². The zero-order chi connectivity index (χ0) is 13.0. The van der Waals surface area contributed by atoms with E-state index in [-0.39, 0.29) is 0 Å². The number of halogens is 1. The maximum atomic E-state index is 4.42. The summed E-state index contributed by atoms with van der Waals surface area (Å²) in [6.45, 7) is 5.48. The predicted molar refractivity (Wildman–Crippen MR) is 80.9 cm³/mol. The number of hydrogen-bond donors (Lipinski definition) is 1. The minimum atomic E-state index is 0.908. The molecule has 1 heterocycles. The van der Waals surface area contributed by atoms with E-state index in [0.29, 0.717) is 0 Å². The Bertz CT molecular complexity index is 392. The fourth-order valence-corrected chi connectivity index (χ4v) is 3.48. The third-order valence-electron chi connectivity index (χ3n) is 3.87. The third-order valence-corrected chi connectivity index (χ3v) is 4.47. The van der Waals surface area contributed by atoms with Crippen LogP contribution in [0.15, 0.2) is 16.7 Å². The van der Waals surface area contributed by atoms with Crippen LogP contribution in [0.25, 0.3) is 0 Å². The van der Waals surface area contributed by atoms with E-state index >= 15 is 0 Å². The molecule has 2 unspecified atom stereocenters. The van der Waals surface area contributed by atoms with E-state index in [1.54, 1.807) is 0 Å². The molecule has 1 fully saturated rings. The van der Waals surface area contributed by atoms with Gasteiger partial charge in [-0.1, -0.05) is 26.2 Å². The van der Waals surface area contributed by atoms with Crippen molar-refractivity contribution in [1.29, 1.82) is 0 Å². The molecule has 1 N–H and O–H groups in total. The molecule has 0 aromatic carbocycles. The van der Waals surface area contributed by atoms with E-state index in [1.165, 1.54) is 37.7 Å². The molecular formula is C15H23BrN2. The summed E-state index contributed by atoms with van der Waals surface area (Å²) < 4.78 is 1.07. The molecular weight excluding hydrogens is 288 g/mol. The van der Waals surface area contributed by atoms with Crippen molar-refractivity contribution in [3.8, 4) is 0 Å². The van der Waals surface area contributed by atoms with Gasteiger partial charge < -0.3 is 5.32 Å². The van der Waals surface area contributed by atoms with E-state index in [4.69, 9.17) is 0 Å². The Hall–Kier alpha value is -0.570. The molecule has 0 aliphatic heterocycles. The molecule has 0 saturated heterocycles. The number of nitrogens with one attached hydrogen (secondary N) is 1. The molecule has 0 spiro atoms. The third kappa shape index (κ3) is 3.98. The number of pyridine rings is 1. The first kappa shape index (κ1) is 13.9. The fourth-order valence-electron chi connectivity index (χ4n) is 2.88. The first-order valence-corrected chi connectivity index (χ1v) is 7.80. The number of rotatable bonds is 4. The van der Waals surface area contributed by atoms with Gasteiger partial charge in [0.25, 0.3) is 0 Å². The quantitative estimate of drug-likeness (QED) is 0.865. The van der Waals surface area contributed by atoms with Gasteiger partial charge in [0.1, 0.15) is 5.82 Å². The van der Waals surface area contributed by atoms with Gasteiger partial charge in [0.2, 0.25) is 0 Å². The van der Waals surface area contributed by atoms with Crippen LogP contribution in [0.2, 0.25) is 0 Å². The van der Waals surface area contributed by atoms with Crippen molar-refractivity contribution < 1.29 is 0 Å². The van der Waals surface area contributed by atoms with E-state index in [0.717, 1.165) is 28.7 Å². The zero-order valence-electron chi connectivity index (χ0n) is 11.4. The summed E-state index contributed by atoms with van der Waals surface area (Å²) in [7, 11) is 0. The lowest BCUT2D eigenvalue weighted by Crippen LogP contribution is -2.17. The molecule has 1 aliphatic carbocycles. The molecule has 1 aromatic rings. The minimum absolute atomic E-state index is 0.908. The molecule has 1 aliphatic rings. The molecule has 1 saturated carbocycles. The largest absolute Gasteiger partial charge is 0.369 e. The topological polar surface area (TPSA) is 24.9 Å². The van der Waals surface area contributed by atoms with Crippen LogP contribution >= 0.6 is 15.9 Å². The van der Waals surface area contributed by atoms with E-state index in [9.17, 15) is 0 Å². The standard InChI is InChI=1S/C15H23BrN2/c1-11-4-3-5-13(8-11)6-7-17-15-14(16)9-12(2)10-18-15/h9-11,13H,3-8H2,1-2H3,(H,17,18). The summed E-state index contributed by atoms with van der Waals surface area (Å²) in [4.78, 5) is 4.42. The molecule has 3 heteroatoms. The lowest BCUT2D eigenvalue weighted by atomic mass is 9.81. The van der Waals surface area contributed by atoms with Crippen LogP contribution in [-0.4, -0.2) is 11.5 Å². The van der Waals surface area contributed by atoms with Crippen molar-refractivity contribution in [3.63, 3.8) is 0 Å². The summed E-state index contributed by atoms with van der Waals surface area (Å²) in [6, 6.07) is 2.11. The van der Waals surface area contributed by atoms with Crippen molar-refractivity contribution in [2.45, 2.75) is 46.0 Å². The van der Waals surface area contributed by atoms with Crippen LogP contribution < -0.4 is 5.32 Å². The molecule has 2 nitrogen and oxygen atoms in total. The van der Waals surface area contributed by atoms with Crippen LogP contribution in [-0.2, 0) is 0 Å². The maximum absolute atomic E-state index is 4.42. The van der Waals surface area contributed by atoms with Gasteiger partial charge in [-0.3, -0.25) is 0 Å². The number of anilines is 1. The van der Waals surface area contributed by atoms with E-state index in [2.05, 4.69) is 46.1 Å². The molecule has 2 atom stereocenters. The number of hydrogen-bond acceptors (Lipinski definition) is 2. The molecule has 0 bridgehead atoms. The second kappa shape index (κ2) is 6.55. The first-order valence-electron chi connectivity index (χ1n) is 7.01.